The Bertz CT molecular complexity index is 1140. The SMILES string of the molecule is CCCC1CCC(C2=CCC(c3cc(F)c4c(F)c(C#CC(F)(F)F)c(F)cc4c3)CC2)CC1. The summed E-state index contributed by atoms with van der Waals surface area (Å²) in [4.78, 5) is 0. The summed E-state index contributed by atoms with van der Waals surface area (Å²) in [7, 11) is 0. The van der Waals surface area contributed by atoms with E-state index in [1.165, 1.54) is 56.1 Å². The quantitative estimate of drug-likeness (QED) is 0.234. The number of halogens is 6. The number of rotatable bonds is 4. The van der Waals surface area contributed by atoms with Gasteiger partial charge in [0.1, 0.15) is 11.6 Å². The van der Waals surface area contributed by atoms with Crippen LogP contribution in [0.5, 0.6) is 0 Å². The van der Waals surface area contributed by atoms with Crippen LogP contribution in [0.4, 0.5) is 26.3 Å². The Morgan fingerprint density at radius 3 is 2.26 bits per heavy atom. The lowest BCUT2D eigenvalue weighted by atomic mass is 9.73. The van der Waals surface area contributed by atoms with Crippen LogP contribution in [0, 0.1) is 41.1 Å². The zero-order valence-corrected chi connectivity index (χ0v) is 19.2. The molecule has 34 heavy (non-hydrogen) atoms. The van der Waals surface area contributed by atoms with E-state index in [4.69, 9.17) is 0 Å². The molecule has 1 atom stereocenters. The molecule has 0 N–H and O–H groups in total. The summed E-state index contributed by atoms with van der Waals surface area (Å²) in [5.41, 5.74) is 1.06. The Labute approximate surface area is 196 Å². The van der Waals surface area contributed by atoms with Crippen molar-refractivity contribution in [3.8, 4) is 11.8 Å². The minimum absolute atomic E-state index is 0.00779. The van der Waals surface area contributed by atoms with Crippen LogP contribution in [0.15, 0.2) is 29.8 Å². The molecule has 0 radical (unpaired) electrons. The van der Waals surface area contributed by atoms with Crippen LogP contribution in [0.2, 0.25) is 0 Å². The van der Waals surface area contributed by atoms with Crippen LogP contribution in [-0.4, -0.2) is 6.18 Å². The first-order chi connectivity index (χ1) is 16.2. The first-order valence-corrected chi connectivity index (χ1v) is 12.1. The topological polar surface area (TPSA) is 0 Å². The van der Waals surface area contributed by atoms with Gasteiger partial charge in [-0.05, 0) is 85.8 Å². The van der Waals surface area contributed by atoms with Crippen molar-refractivity contribution in [2.75, 3.05) is 0 Å². The fourth-order valence-electron chi connectivity index (χ4n) is 5.68. The molecule has 0 saturated heterocycles. The van der Waals surface area contributed by atoms with Gasteiger partial charge < -0.3 is 0 Å². The summed E-state index contributed by atoms with van der Waals surface area (Å²) in [6.45, 7) is 2.23. The molecule has 2 aliphatic carbocycles. The largest absolute Gasteiger partial charge is 0.458 e. The van der Waals surface area contributed by atoms with Gasteiger partial charge in [0.2, 0.25) is 0 Å². The van der Waals surface area contributed by atoms with E-state index in [2.05, 4.69) is 13.0 Å². The first kappa shape index (κ1) is 24.7. The fourth-order valence-corrected chi connectivity index (χ4v) is 5.68. The maximum Gasteiger partial charge on any atom is 0.458 e. The third-order valence-corrected chi connectivity index (χ3v) is 7.42. The predicted octanol–water partition coefficient (Wildman–Crippen LogP) is 8.97. The highest BCUT2D eigenvalue weighted by Crippen LogP contribution is 2.42. The van der Waals surface area contributed by atoms with Crippen molar-refractivity contribution in [1.82, 2.24) is 0 Å². The van der Waals surface area contributed by atoms with Crippen molar-refractivity contribution in [2.24, 2.45) is 11.8 Å². The highest BCUT2D eigenvalue weighted by molar-refractivity contribution is 5.86. The van der Waals surface area contributed by atoms with Gasteiger partial charge in [-0.1, -0.05) is 43.4 Å². The molecule has 6 heteroatoms. The molecule has 1 fully saturated rings. The Morgan fingerprint density at radius 2 is 1.65 bits per heavy atom. The average molecular weight is 479 g/mol. The lowest BCUT2D eigenvalue weighted by Crippen LogP contribution is -2.18. The third kappa shape index (κ3) is 5.45. The van der Waals surface area contributed by atoms with Crippen molar-refractivity contribution in [3.05, 3.63) is 58.4 Å². The molecule has 0 spiro atoms. The highest BCUT2D eigenvalue weighted by atomic mass is 19.4. The fraction of sp³-hybridized carbons (Fsp3) is 0.500. The summed E-state index contributed by atoms with van der Waals surface area (Å²) in [5, 5.41) is -0.543. The number of fused-ring (bicyclic) bond motifs is 1. The summed E-state index contributed by atoms with van der Waals surface area (Å²) in [6.07, 6.45) is 7.42. The van der Waals surface area contributed by atoms with Crippen molar-refractivity contribution < 1.29 is 26.3 Å². The second-order valence-electron chi connectivity index (χ2n) is 9.65. The van der Waals surface area contributed by atoms with E-state index < -0.39 is 34.6 Å². The number of hydrogen-bond acceptors (Lipinski definition) is 0. The smallest absolute Gasteiger partial charge is 0.206 e. The van der Waals surface area contributed by atoms with Gasteiger partial charge in [0.25, 0.3) is 0 Å². The van der Waals surface area contributed by atoms with Gasteiger partial charge in [0.05, 0.1) is 10.9 Å². The molecule has 0 amide bonds. The Balaban J connectivity index is 1.54. The number of alkyl halides is 3. The maximum atomic E-state index is 14.9. The van der Waals surface area contributed by atoms with E-state index in [1.807, 2.05) is 0 Å². The van der Waals surface area contributed by atoms with Crippen molar-refractivity contribution in [1.29, 1.82) is 0 Å². The molecule has 0 aromatic heterocycles. The predicted molar refractivity (Wildman–Crippen MR) is 122 cm³/mol. The molecule has 0 heterocycles. The summed E-state index contributed by atoms with van der Waals surface area (Å²) < 4.78 is 81.0. The molecule has 1 unspecified atom stereocenters. The normalized spacial score (nSPS) is 23.4. The van der Waals surface area contributed by atoms with Crippen LogP contribution < -0.4 is 0 Å². The maximum absolute atomic E-state index is 14.9. The molecule has 182 valence electrons. The van der Waals surface area contributed by atoms with E-state index >= 15 is 0 Å². The van der Waals surface area contributed by atoms with Gasteiger partial charge in [-0.3, -0.25) is 0 Å². The molecule has 2 aromatic carbocycles. The highest BCUT2D eigenvalue weighted by Gasteiger charge is 2.27. The van der Waals surface area contributed by atoms with E-state index in [1.54, 1.807) is 6.07 Å². The first-order valence-electron chi connectivity index (χ1n) is 12.1. The number of hydrogen-bond donors (Lipinski definition) is 0. The second-order valence-corrected chi connectivity index (χ2v) is 9.65. The van der Waals surface area contributed by atoms with Gasteiger partial charge in [-0.25, -0.2) is 13.2 Å². The Morgan fingerprint density at radius 1 is 0.912 bits per heavy atom. The minimum Gasteiger partial charge on any atom is -0.206 e. The molecule has 1 saturated carbocycles. The summed E-state index contributed by atoms with van der Waals surface area (Å²) in [5.74, 6) is 0.274. The molecule has 2 aliphatic rings. The van der Waals surface area contributed by atoms with Crippen LogP contribution >= 0.6 is 0 Å². The van der Waals surface area contributed by atoms with E-state index in [0.717, 1.165) is 37.2 Å². The van der Waals surface area contributed by atoms with Crippen LogP contribution in [0.25, 0.3) is 10.8 Å². The van der Waals surface area contributed by atoms with Gasteiger partial charge in [0, 0.05) is 5.92 Å². The average Bonchev–Trinajstić information content (AvgIpc) is 2.78. The molecule has 0 aliphatic heterocycles. The molecular formula is C28H28F6. The van der Waals surface area contributed by atoms with Crippen LogP contribution in [-0.2, 0) is 0 Å². The monoisotopic (exact) mass is 478 g/mol. The van der Waals surface area contributed by atoms with Crippen molar-refractivity contribution in [3.63, 3.8) is 0 Å². The number of allylic oxidation sites excluding steroid dienone is 2. The third-order valence-electron chi connectivity index (χ3n) is 7.42. The second kappa shape index (κ2) is 10.1. The molecule has 2 aromatic rings. The number of benzene rings is 2. The Kier molecular flexibility index (Phi) is 7.31. The van der Waals surface area contributed by atoms with E-state index in [-0.39, 0.29) is 11.3 Å². The van der Waals surface area contributed by atoms with Crippen LogP contribution in [0.3, 0.4) is 0 Å². The molecular weight excluding hydrogens is 450 g/mol. The van der Waals surface area contributed by atoms with Gasteiger partial charge in [-0.15, -0.1) is 0 Å². The Hall–Kier alpha value is -2.42. The zero-order chi connectivity index (χ0) is 24.5. The summed E-state index contributed by atoms with van der Waals surface area (Å²) in [6, 6.07) is 3.64. The van der Waals surface area contributed by atoms with Gasteiger partial charge in [-0.2, -0.15) is 13.2 Å². The van der Waals surface area contributed by atoms with E-state index in [9.17, 15) is 26.3 Å². The molecule has 4 rings (SSSR count). The molecule has 0 nitrogen and oxygen atoms in total. The van der Waals surface area contributed by atoms with Crippen molar-refractivity contribution >= 4 is 10.8 Å². The molecule has 0 bridgehead atoms. The lowest BCUT2D eigenvalue weighted by Gasteiger charge is -2.33. The summed E-state index contributed by atoms with van der Waals surface area (Å²) >= 11 is 0. The lowest BCUT2D eigenvalue weighted by molar-refractivity contribution is -0.0696. The zero-order valence-electron chi connectivity index (χ0n) is 19.2. The van der Waals surface area contributed by atoms with Crippen LogP contribution in [0.1, 0.15) is 81.8 Å². The standard InChI is InChI=1S/C28H28F6/c1-2-3-17-4-6-18(7-5-17)19-8-10-20(11-9-19)21-14-22-16-24(29)23(12-13-28(32,33)34)27(31)26(22)25(30)15-21/h8,14-18,20H,2-7,9-11H2,1H3. The van der Waals surface area contributed by atoms with Gasteiger partial charge >= 0.3 is 6.18 Å². The minimum atomic E-state index is -4.90. The van der Waals surface area contributed by atoms with Crippen molar-refractivity contribution in [2.45, 2.75) is 76.8 Å². The van der Waals surface area contributed by atoms with Gasteiger partial charge in [0.15, 0.2) is 5.82 Å². The van der Waals surface area contributed by atoms with E-state index in [0.29, 0.717) is 11.5 Å².